The number of amides is 4. The van der Waals surface area contributed by atoms with E-state index in [0.717, 1.165) is 4.90 Å². The number of nitrogens with one attached hydrogen (secondary N) is 2. The third-order valence-electron chi connectivity index (χ3n) is 4.15. The van der Waals surface area contributed by atoms with Gasteiger partial charge in [-0.05, 0) is 26.7 Å². The first-order valence-corrected chi connectivity index (χ1v) is 8.51. The Hall–Kier alpha value is -2.71. The molecule has 4 amide bonds. The van der Waals surface area contributed by atoms with Crippen LogP contribution in [-0.4, -0.2) is 60.2 Å². The van der Waals surface area contributed by atoms with Crippen LogP contribution in [0.1, 0.15) is 26.7 Å². The molecule has 142 valence electrons. The van der Waals surface area contributed by atoms with Gasteiger partial charge in [0.25, 0.3) is 5.91 Å². The molecule has 0 unspecified atom stereocenters. The molecule has 2 rings (SSSR count). The first-order valence-electron chi connectivity index (χ1n) is 8.51. The van der Waals surface area contributed by atoms with E-state index in [4.69, 9.17) is 4.74 Å². The number of rotatable bonds is 7. The van der Waals surface area contributed by atoms with E-state index in [0.29, 0.717) is 12.8 Å². The normalized spacial score (nSPS) is 21.6. The van der Waals surface area contributed by atoms with Crippen LogP contribution in [0.15, 0.2) is 12.2 Å². The summed E-state index contributed by atoms with van der Waals surface area (Å²) in [5.41, 5.74) is 0. The molecule has 1 heterocycles. The van der Waals surface area contributed by atoms with Crippen LogP contribution < -0.4 is 10.6 Å². The number of likely N-dealkylation sites (tertiary alicyclic amines) is 1. The Morgan fingerprint density at radius 3 is 2.23 bits per heavy atom. The topological polar surface area (TPSA) is 122 Å². The fourth-order valence-electron chi connectivity index (χ4n) is 2.95. The SMILES string of the molecule is CC(C)NC(=O)CNC(=O)COC(=O)CN1C(=O)[C@H]2CC=CC[C@H]2C1=O. The van der Waals surface area contributed by atoms with Gasteiger partial charge in [-0.3, -0.25) is 28.9 Å². The Morgan fingerprint density at radius 2 is 1.69 bits per heavy atom. The lowest BCUT2D eigenvalue weighted by Gasteiger charge is -2.14. The van der Waals surface area contributed by atoms with Gasteiger partial charge >= 0.3 is 5.97 Å². The predicted molar refractivity (Wildman–Crippen MR) is 89.3 cm³/mol. The van der Waals surface area contributed by atoms with Crippen LogP contribution in [0.4, 0.5) is 0 Å². The molecule has 0 aromatic heterocycles. The van der Waals surface area contributed by atoms with E-state index in [1.54, 1.807) is 13.8 Å². The van der Waals surface area contributed by atoms with Gasteiger partial charge in [0.15, 0.2) is 6.61 Å². The fraction of sp³-hybridized carbons (Fsp3) is 0.588. The summed E-state index contributed by atoms with van der Waals surface area (Å²) in [6.45, 7) is 2.25. The zero-order valence-corrected chi connectivity index (χ0v) is 14.8. The van der Waals surface area contributed by atoms with Gasteiger partial charge < -0.3 is 15.4 Å². The Balaban J connectivity index is 1.73. The minimum atomic E-state index is -0.847. The summed E-state index contributed by atoms with van der Waals surface area (Å²) >= 11 is 0. The van der Waals surface area contributed by atoms with E-state index in [1.807, 2.05) is 12.2 Å². The maximum absolute atomic E-state index is 12.2. The van der Waals surface area contributed by atoms with Crippen molar-refractivity contribution in [1.29, 1.82) is 0 Å². The Labute approximate surface area is 151 Å². The molecule has 0 aromatic carbocycles. The number of carbonyl (C=O) groups is 5. The molecule has 0 saturated carbocycles. The molecule has 1 saturated heterocycles. The van der Waals surface area contributed by atoms with Gasteiger partial charge in [-0.2, -0.15) is 0 Å². The van der Waals surface area contributed by atoms with E-state index in [-0.39, 0.29) is 30.3 Å². The molecular formula is C17H23N3O6. The fourth-order valence-corrected chi connectivity index (χ4v) is 2.95. The van der Waals surface area contributed by atoms with Crippen molar-refractivity contribution in [2.75, 3.05) is 19.7 Å². The molecule has 0 aromatic rings. The van der Waals surface area contributed by atoms with Gasteiger partial charge in [-0.15, -0.1) is 0 Å². The molecule has 0 radical (unpaired) electrons. The average molecular weight is 365 g/mol. The number of hydrogen-bond acceptors (Lipinski definition) is 6. The highest BCUT2D eigenvalue weighted by Gasteiger charge is 2.47. The summed E-state index contributed by atoms with van der Waals surface area (Å²) in [6.07, 6.45) is 4.69. The molecule has 9 nitrogen and oxygen atoms in total. The Kier molecular flexibility index (Phi) is 6.48. The summed E-state index contributed by atoms with van der Waals surface area (Å²) in [7, 11) is 0. The van der Waals surface area contributed by atoms with Crippen LogP contribution in [0.3, 0.4) is 0 Å². The van der Waals surface area contributed by atoms with Gasteiger partial charge in [0.05, 0.1) is 18.4 Å². The maximum atomic E-state index is 12.2. The van der Waals surface area contributed by atoms with Crippen molar-refractivity contribution in [3.8, 4) is 0 Å². The number of fused-ring (bicyclic) bond motifs is 1. The smallest absolute Gasteiger partial charge is 0.326 e. The minimum Gasteiger partial charge on any atom is -0.454 e. The molecule has 9 heteroatoms. The summed E-state index contributed by atoms with van der Waals surface area (Å²) in [6, 6.07) is -0.0494. The molecule has 0 spiro atoms. The Morgan fingerprint density at radius 1 is 1.12 bits per heavy atom. The molecule has 2 aliphatic rings. The number of carbonyl (C=O) groups excluding carboxylic acids is 5. The molecule has 1 fully saturated rings. The van der Waals surface area contributed by atoms with Crippen molar-refractivity contribution >= 4 is 29.6 Å². The highest BCUT2D eigenvalue weighted by Crippen LogP contribution is 2.34. The highest BCUT2D eigenvalue weighted by atomic mass is 16.5. The van der Waals surface area contributed by atoms with Crippen LogP contribution in [0.5, 0.6) is 0 Å². The second kappa shape index (κ2) is 8.59. The zero-order chi connectivity index (χ0) is 19.3. The molecule has 26 heavy (non-hydrogen) atoms. The number of esters is 1. The van der Waals surface area contributed by atoms with Crippen molar-refractivity contribution in [2.45, 2.75) is 32.7 Å². The lowest BCUT2D eigenvalue weighted by Crippen LogP contribution is -2.42. The Bertz CT molecular complexity index is 616. The number of allylic oxidation sites excluding steroid dienone is 2. The third kappa shape index (κ3) is 4.90. The van der Waals surface area contributed by atoms with Gasteiger partial charge in [0, 0.05) is 6.04 Å². The molecule has 2 atom stereocenters. The summed E-state index contributed by atoms with van der Waals surface area (Å²) in [4.78, 5) is 60.2. The zero-order valence-electron chi connectivity index (χ0n) is 14.8. The van der Waals surface area contributed by atoms with Gasteiger partial charge in [-0.1, -0.05) is 12.2 Å². The third-order valence-corrected chi connectivity index (χ3v) is 4.15. The van der Waals surface area contributed by atoms with E-state index < -0.39 is 36.9 Å². The van der Waals surface area contributed by atoms with Crippen LogP contribution in [0, 0.1) is 11.8 Å². The molecule has 0 bridgehead atoms. The molecule has 1 aliphatic carbocycles. The van der Waals surface area contributed by atoms with Crippen LogP contribution >= 0.6 is 0 Å². The van der Waals surface area contributed by atoms with E-state index in [2.05, 4.69) is 10.6 Å². The van der Waals surface area contributed by atoms with Crippen molar-refractivity contribution in [2.24, 2.45) is 11.8 Å². The van der Waals surface area contributed by atoms with Crippen molar-refractivity contribution in [3.05, 3.63) is 12.2 Å². The largest absolute Gasteiger partial charge is 0.454 e. The molecular weight excluding hydrogens is 342 g/mol. The van der Waals surface area contributed by atoms with E-state index in [9.17, 15) is 24.0 Å². The molecule has 2 N–H and O–H groups in total. The van der Waals surface area contributed by atoms with Crippen LogP contribution in [-0.2, 0) is 28.7 Å². The predicted octanol–water partition coefficient (Wildman–Crippen LogP) is -0.878. The average Bonchev–Trinajstić information content (AvgIpc) is 2.83. The lowest BCUT2D eigenvalue weighted by molar-refractivity contribution is -0.155. The number of imide groups is 1. The van der Waals surface area contributed by atoms with Crippen molar-refractivity contribution in [3.63, 3.8) is 0 Å². The quantitative estimate of drug-likeness (QED) is 0.343. The van der Waals surface area contributed by atoms with Gasteiger partial charge in [0.1, 0.15) is 6.54 Å². The summed E-state index contributed by atoms with van der Waals surface area (Å²) in [5, 5.41) is 4.91. The van der Waals surface area contributed by atoms with Crippen LogP contribution in [0.25, 0.3) is 0 Å². The number of hydrogen-bond donors (Lipinski definition) is 2. The van der Waals surface area contributed by atoms with E-state index >= 15 is 0 Å². The highest BCUT2D eigenvalue weighted by molar-refractivity contribution is 6.07. The van der Waals surface area contributed by atoms with Crippen molar-refractivity contribution < 1.29 is 28.7 Å². The second-order valence-corrected chi connectivity index (χ2v) is 6.58. The second-order valence-electron chi connectivity index (χ2n) is 6.58. The van der Waals surface area contributed by atoms with Crippen LogP contribution in [0.2, 0.25) is 0 Å². The van der Waals surface area contributed by atoms with Gasteiger partial charge in [-0.25, -0.2) is 0 Å². The monoisotopic (exact) mass is 365 g/mol. The minimum absolute atomic E-state index is 0.0494. The van der Waals surface area contributed by atoms with Crippen molar-refractivity contribution in [1.82, 2.24) is 15.5 Å². The lowest BCUT2D eigenvalue weighted by atomic mass is 9.85. The number of nitrogens with zero attached hydrogens (tertiary/aromatic N) is 1. The summed E-state index contributed by atoms with van der Waals surface area (Å²) < 4.78 is 4.78. The standard InChI is InChI=1S/C17H23N3O6/c1-10(2)19-13(21)7-18-14(22)9-26-15(23)8-20-16(24)11-5-3-4-6-12(11)17(20)25/h3-4,10-12H,5-9H2,1-2H3,(H,18,22)(H,19,21)/t11-,12+. The maximum Gasteiger partial charge on any atom is 0.326 e. The summed E-state index contributed by atoms with van der Waals surface area (Å²) in [5.74, 6) is -3.43. The number of ether oxygens (including phenoxy) is 1. The van der Waals surface area contributed by atoms with Gasteiger partial charge in [0.2, 0.25) is 17.7 Å². The first-order chi connectivity index (χ1) is 12.3. The van der Waals surface area contributed by atoms with E-state index in [1.165, 1.54) is 0 Å². The first kappa shape index (κ1) is 19.6. The molecule has 1 aliphatic heterocycles.